The number of aromatic hydroxyl groups is 1. The van der Waals surface area contributed by atoms with E-state index in [4.69, 9.17) is 5.73 Å². The number of aromatic nitrogens is 5. The van der Waals surface area contributed by atoms with Gasteiger partial charge in [0.25, 0.3) is 5.91 Å². The third-order valence-electron chi connectivity index (χ3n) is 5.40. The molecule has 0 atom stereocenters. The number of aryl methyl sites for hydroxylation is 1. The zero-order valence-corrected chi connectivity index (χ0v) is 18.3. The Morgan fingerprint density at radius 3 is 2.71 bits per heavy atom. The summed E-state index contributed by atoms with van der Waals surface area (Å²) in [5, 5.41) is 18.1. The summed E-state index contributed by atoms with van der Waals surface area (Å²) in [6.45, 7) is 0.117. The number of rotatable bonds is 5. The van der Waals surface area contributed by atoms with E-state index in [1.165, 1.54) is 0 Å². The Labute approximate surface area is 194 Å². The number of carbonyl (C=O) groups excluding carboxylic acids is 1. The highest BCUT2D eigenvalue weighted by molar-refractivity contribution is 5.98. The van der Waals surface area contributed by atoms with Gasteiger partial charge in [0.15, 0.2) is 11.5 Å². The van der Waals surface area contributed by atoms with Gasteiger partial charge in [-0.3, -0.25) is 14.5 Å². The molecule has 34 heavy (non-hydrogen) atoms. The molecule has 0 unspecified atom stereocenters. The summed E-state index contributed by atoms with van der Waals surface area (Å²) in [5.41, 5.74) is 9.88. The number of benzene rings is 2. The van der Waals surface area contributed by atoms with Gasteiger partial charge in [0.05, 0.1) is 11.2 Å². The standard InChI is InChI=1S/C25H21N7O2/c1-32-12-10-19(31-32)22-21(16-8-9-18-15(13-16)6-4-11-27-18)29-23(24(26)30-22)25(34)28-14-17-5-2-3-7-20(17)33/h2-13,33H,14H2,1H3,(H2,26,30)(H,28,34). The van der Waals surface area contributed by atoms with E-state index in [2.05, 4.69) is 25.4 Å². The van der Waals surface area contributed by atoms with E-state index in [0.717, 1.165) is 16.5 Å². The number of anilines is 1. The van der Waals surface area contributed by atoms with Gasteiger partial charge in [-0.05, 0) is 30.3 Å². The summed E-state index contributed by atoms with van der Waals surface area (Å²) in [5.74, 6) is -0.413. The van der Waals surface area contributed by atoms with Gasteiger partial charge in [0.1, 0.15) is 17.1 Å². The Kier molecular flexibility index (Phi) is 5.35. The molecule has 3 aromatic heterocycles. The minimum atomic E-state index is -0.496. The van der Waals surface area contributed by atoms with E-state index in [1.807, 2.05) is 43.4 Å². The molecular weight excluding hydrogens is 430 g/mol. The second-order valence-electron chi connectivity index (χ2n) is 7.75. The van der Waals surface area contributed by atoms with E-state index < -0.39 is 5.91 Å². The molecule has 9 heteroatoms. The molecule has 0 spiro atoms. The van der Waals surface area contributed by atoms with Crippen LogP contribution < -0.4 is 11.1 Å². The number of phenols is 1. The molecule has 0 saturated carbocycles. The number of para-hydroxylation sites is 1. The van der Waals surface area contributed by atoms with Crippen LogP contribution >= 0.6 is 0 Å². The number of fused-ring (bicyclic) bond motifs is 1. The summed E-state index contributed by atoms with van der Waals surface area (Å²) in [7, 11) is 1.81. The highest BCUT2D eigenvalue weighted by Crippen LogP contribution is 2.31. The van der Waals surface area contributed by atoms with Gasteiger partial charge < -0.3 is 16.2 Å². The third kappa shape index (κ3) is 4.02. The van der Waals surface area contributed by atoms with Gasteiger partial charge >= 0.3 is 0 Å². The number of nitrogens with two attached hydrogens (primary N) is 1. The first-order valence-corrected chi connectivity index (χ1v) is 10.6. The topological polar surface area (TPSA) is 132 Å². The molecule has 0 bridgehead atoms. The molecule has 1 amide bonds. The number of nitrogens with zero attached hydrogens (tertiary/aromatic N) is 5. The van der Waals surface area contributed by atoms with Crippen LogP contribution in [0, 0.1) is 0 Å². The number of pyridine rings is 1. The molecule has 3 heterocycles. The smallest absolute Gasteiger partial charge is 0.274 e. The van der Waals surface area contributed by atoms with Crippen LogP contribution in [0.3, 0.4) is 0 Å². The monoisotopic (exact) mass is 451 g/mol. The Morgan fingerprint density at radius 1 is 1.06 bits per heavy atom. The normalized spacial score (nSPS) is 11.0. The molecule has 5 rings (SSSR count). The highest BCUT2D eigenvalue weighted by atomic mass is 16.3. The number of hydrogen-bond acceptors (Lipinski definition) is 7. The first-order chi connectivity index (χ1) is 16.5. The van der Waals surface area contributed by atoms with Gasteiger partial charge in [-0.25, -0.2) is 9.97 Å². The predicted molar refractivity (Wildman–Crippen MR) is 129 cm³/mol. The van der Waals surface area contributed by atoms with Crippen molar-refractivity contribution >= 4 is 22.6 Å². The van der Waals surface area contributed by atoms with Crippen LogP contribution in [0.5, 0.6) is 5.75 Å². The molecule has 0 aliphatic carbocycles. The molecule has 168 valence electrons. The average Bonchev–Trinajstić information content (AvgIpc) is 3.29. The van der Waals surface area contributed by atoms with E-state index in [9.17, 15) is 9.90 Å². The lowest BCUT2D eigenvalue weighted by Gasteiger charge is -2.13. The molecule has 2 aromatic carbocycles. The van der Waals surface area contributed by atoms with Crippen molar-refractivity contribution < 1.29 is 9.90 Å². The summed E-state index contributed by atoms with van der Waals surface area (Å²) in [4.78, 5) is 26.5. The fraction of sp³-hybridized carbons (Fsp3) is 0.0800. The molecule has 5 aromatic rings. The van der Waals surface area contributed by atoms with Crippen molar-refractivity contribution in [3.8, 4) is 28.4 Å². The number of nitrogens with one attached hydrogen (secondary N) is 1. The minimum absolute atomic E-state index is 0.00335. The predicted octanol–water partition coefficient (Wildman–Crippen LogP) is 3.31. The number of nitrogen functional groups attached to an aromatic ring is 1. The van der Waals surface area contributed by atoms with Crippen molar-refractivity contribution in [2.45, 2.75) is 6.54 Å². The Bertz CT molecular complexity index is 1530. The van der Waals surface area contributed by atoms with E-state index in [-0.39, 0.29) is 23.8 Å². The number of amides is 1. The fourth-order valence-corrected chi connectivity index (χ4v) is 3.68. The molecule has 0 radical (unpaired) electrons. The van der Waals surface area contributed by atoms with Gasteiger partial charge in [-0.2, -0.15) is 5.10 Å². The number of hydrogen-bond donors (Lipinski definition) is 3. The van der Waals surface area contributed by atoms with Crippen molar-refractivity contribution in [1.82, 2.24) is 30.0 Å². The van der Waals surface area contributed by atoms with Crippen LogP contribution in [-0.4, -0.2) is 35.7 Å². The molecular formula is C25H21N7O2. The molecule has 0 aliphatic rings. The highest BCUT2D eigenvalue weighted by Gasteiger charge is 2.21. The van der Waals surface area contributed by atoms with E-state index in [1.54, 1.807) is 41.3 Å². The molecule has 0 aliphatic heterocycles. The lowest BCUT2D eigenvalue weighted by Crippen LogP contribution is -2.26. The second-order valence-corrected chi connectivity index (χ2v) is 7.75. The third-order valence-corrected chi connectivity index (χ3v) is 5.40. The van der Waals surface area contributed by atoms with Crippen molar-refractivity contribution in [3.63, 3.8) is 0 Å². The maximum Gasteiger partial charge on any atom is 0.274 e. The van der Waals surface area contributed by atoms with Crippen LogP contribution in [0.1, 0.15) is 16.1 Å². The van der Waals surface area contributed by atoms with E-state index in [0.29, 0.717) is 22.6 Å². The average molecular weight is 451 g/mol. The fourth-order valence-electron chi connectivity index (χ4n) is 3.68. The Morgan fingerprint density at radius 2 is 1.91 bits per heavy atom. The maximum absolute atomic E-state index is 13.0. The number of phenolic OH excluding ortho intramolecular Hbond substituents is 1. The second kappa shape index (κ2) is 8.62. The summed E-state index contributed by atoms with van der Waals surface area (Å²) < 4.78 is 1.66. The van der Waals surface area contributed by atoms with Crippen molar-refractivity contribution in [3.05, 3.63) is 84.3 Å². The first-order valence-electron chi connectivity index (χ1n) is 10.6. The quantitative estimate of drug-likeness (QED) is 0.373. The van der Waals surface area contributed by atoms with Crippen LogP contribution in [0.4, 0.5) is 5.82 Å². The zero-order chi connectivity index (χ0) is 23.7. The Balaban J connectivity index is 1.58. The number of carbonyl (C=O) groups is 1. The van der Waals surface area contributed by atoms with Crippen LogP contribution in [-0.2, 0) is 13.6 Å². The molecule has 9 nitrogen and oxygen atoms in total. The summed E-state index contributed by atoms with van der Waals surface area (Å²) in [6, 6.07) is 18.1. The zero-order valence-electron chi connectivity index (χ0n) is 18.3. The summed E-state index contributed by atoms with van der Waals surface area (Å²) in [6.07, 6.45) is 3.53. The first kappa shape index (κ1) is 21.1. The van der Waals surface area contributed by atoms with E-state index >= 15 is 0 Å². The lowest BCUT2D eigenvalue weighted by molar-refractivity contribution is 0.0946. The molecule has 4 N–H and O–H groups in total. The van der Waals surface area contributed by atoms with Gasteiger partial charge in [-0.15, -0.1) is 0 Å². The summed E-state index contributed by atoms with van der Waals surface area (Å²) >= 11 is 0. The largest absolute Gasteiger partial charge is 0.508 e. The lowest BCUT2D eigenvalue weighted by atomic mass is 10.0. The van der Waals surface area contributed by atoms with Crippen molar-refractivity contribution in [2.24, 2.45) is 7.05 Å². The SMILES string of the molecule is Cn1ccc(-c2nc(N)c(C(=O)NCc3ccccc3O)nc2-c2ccc3ncccc3c2)n1. The van der Waals surface area contributed by atoms with Crippen molar-refractivity contribution in [1.29, 1.82) is 0 Å². The van der Waals surface area contributed by atoms with Gasteiger partial charge in [0, 0.05) is 42.5 Å². The van der Waals surface area contributed by atoms with Crippen LogP contribution in [0.15, 0.2) is 73.1 Å². The molecule has 0 fully saturated rings. The van der Waals surface area contributed by atoms with Gasteiger partial charge in [0.2, 0.25) is 0 Å². The Hall–Kier alpha value is -4.79. The maximum atomic E-state index is 13.0. The van der Waals surface area contributed by atoms with Crippen LogP contribution in [0.25, 0.3) is 33.5 Å². The van der Waals surface area contributed by atoms with Gasteiger partial charge in [-0.1, -0.05) is 30.3 Å². The van der Waals surface area contributed by atoms with Crippen molar-refractivity contribution in [2.75, 3.05) is 5.73 Å². The molecule has 0 saturated heterocycles. The van der Waals surface area contributed by atoms with Crippen LogP contribution in [0.2, 0.25) is 0 Å². The minimum Gasteiger partial charge on any atom is -0.508 e.